The fraction of sp³-hybridized carbons (Fsp3) is 0. The Morgan fingerprint density at radius 3 is 3.00 bits per heavy atom. The molecule has 0 saturated carbocycles. The Balaban J connectivity index is 3.24. The zero-order chi connectivity index (χ0) is 7.40. The molecule has 1 rings (SSSR count). The van der Waals surface area contributed by atoms with Crippen LogP contribution in [0.3, 0.4) is 0 Å². The fourth-order valence-corrected chi connectivity index (χ4v) is 0.716. The van der Waals surface area contributed by atoms with Crippen molar-refractivity contribution in [2.24, 2.45) is 0 Å². The first-order valence-corrected chi connectivity index (χ1v) is 2.91. The molecule has 1 nitrogen and oxygen atoms in total. The highest BCUT2D eigenvalue weighted by Crippen LogP contribution is 2.06. The average Bonchev–Trinajstić information content (AvgIpc) is 2.04. The predicted octanol–water partition coefficient (Wildman–Crippen LogP) is 2.00. The van der Waals surface area contributed by atoms with Crippen LogP contribution in [-0.4, -0.2) is 0 Å². The molecule has 0 amide bonds. The minimum atomic E-state index is 0.623. The van der Waals surface area contributed by atoms with E-state index in [0.717, 1.165) is 5.56 Å². The predicted molar refractivity (Wildman–Crippen MR) is 40.1 cm³/mol. The van der Waals surface area contributed by atoms with E-state index in [0.29, 0.717) is 5.56 Å². The molecule has 0 N–H and O–H groups in total. The van der Waals surface area contributed by atoms with Gasteiger partial charge in [0.2, 0.25) is 0 Å². The molecule has 0 aromatic heterocycles. The van der Waals surface area contributed by atoms with Crippen molar-refractivity contribution in [2.75, 3.05) is 0 Å². The quantitative estimate of drug-likeness (QED) is 0.567. The van der Waals surface area contributed by atoms with Crippen LogP contribution in [0.25, 0.3) is 6.08 Å². The van der Waals surface area contributed by atoms with Crippen molar-refractivity contribution in [1.29, 1.82) is 5.26 Å². The molecule has 10 heavy (non-hydrogen) atoms. The second-order valence-electron chi connectivity index (χ2n) is 1.81. The lowest BCUT2D eigenvalue weighted by Crippen LogP contribution is -1.78. The van der Waals surface area contributed by atoms with Gasteiger partial charge < -0.3 is 0 Å². The number of benzene rings is 1. The van der Waals surface area contributed by atoms with Crippen molar-refractivity contribution >= 4 is 6.08 Å². The Morgan fingerprint density at radius 2 is 2.50 bits per heavy atom. The van der Waals surface area contributed by atoms with E-state index in [1.165, 1.54) is 0 Å². The third-order valence-corrected chi connectivity index (χ3v) is 1.21. The van der Waals surface area contributed by atoms with Gasteiger partial charge in [-0.2, -0.15) is 5.26 Å². The Bertz CT molecular complexity index is 281. The SMILES string of the molecule is C=Cc1[c]cccc1C#N. The van der Waals surface area contributed by atoms with Gasteiger partial charge in [-0.15, -0.1) is 0 Å². The molecule has 0 spiro atoms. The molecule has 1 aromatic rings. The van der Waals surface area contributed by atoms with Gasteiger partial charge in [-0.05, 0) is 17.7 Å². The number of rotatable bonds is 1. The van der Waals surface area contributed by atoms with Crippen LogP contribution in [0.1, 0.15) is 11.1 Å². The zero-order valence-corrected chi connectivity index (χ0v) is 5.46. The third kappa shape index (κ3) is 1.06. The van der Waals surface area contributed by atoms with E-state index in [-0.39, 0.29) is 0 Å². The molecule has 0 atom stereocenters. The van der Waals surface area contributed by atoms with Crippen LogP contribution in [0, 0.1) is 17.4 Å². The molecule has 47 valence electrons. The van der Waals surface area contributed by atoms with Crippen molar-refractivity contribution in [3.8, 4) is 6.07 Å². The van der Waals surface area contributed by atoms with Crippen molar-refractivity contribution in [2.45, 2.75) is 0 Å². The Morgan fingerprint density at radius 1 is 1.70 bits per heavy atom. The van der Waals surface area contributed by atoms with Gasteiger partial charge in [-0.25, -0.2) is 0 Å². The topological polar surface area (TPSA) is 23.8 Å². The summed E-state index contributed by atoms with van der Waals surface area (Å²) in [4.78, 5) is 0. The molecule has 1 heteroatoms. The highest BCUT2D eigenvalue weighted by atomic mass is 14.2. The zero-order valence-electron chi connectivity index (χ0n) is 5.46. The van der Waals surface area contributed by atoms with Gasteiger partial charge in [0, 0.05) is 0 Å². The molecule has 0 aliphatic heterocycles. The molecule has 0 bridgehead atoms. The van der Waals surface area contributed by atoms with Gasteiger partial charge in [0.15, 0.2) is 0 Å². The molecule has 0 fully saturated rings. The number of hydrogen-bond donors (Lipinski definition) is 0. The van der Waals surface area contributed by atoms with E-state index in [4.69, 9.17) is 5.26 Å². The van der Waals surface area contributed by atoms with Crippen LogP contribution < -0.4 is 0 Å². The molecule has 0 saturated heterocycles. The van der Waals surface area contributed by atoms with Gasteiger partial charge in [-0.3, -0.25) is 0 Å². The number of hydrogen-bond acceptors (Lipinski definition) is 1. The average molecular weight is 128 g/mol. The minimum absolute atomic E-state index is 0.623. The van der Waals surface area contributed by atoms with E-state index < -0.39 is 0 Å². The summed E-state index contributed by atoms with van der Waals surface area (Å²) in [6.45, 7) is 3.56. The van der Waals surface area contributed by atoms with E-state index in [2.05, 4.69) is 12.6 Å². The molecule has 0 heterocycles. The van der Waals surface area contributed by atoms with Crippen LogP contribution in [0.15, 0.2) is 24.8 Å². The van der Waals surface area contributed by atoms with E-state index in [1.807, 2.05) is 6.07 Å². The van der Waals surface area contributed by atoms with Crippen LogP contribution in [0.5, 0.6) is 0 Å². The largest absolute Gasteiger partial charge is 0.192 e. The molecule has 0 aliphatic rings. The Kier molecular flexibility index (Phi) is 1.86. The van der Waals surface area contributed by atoms with Crippen LogP contribution in [0.2, 0.25) is 0 Å². The van der Waals surface area contributed by atoms with Crippen molar-refractivity contribution in [3.63, 3.8) is 0 Å². The van der Waals surface area contributed by atoms with Gasteiger partial charge >= 0.3 is 0 Å². The highest BCUT2D eigenvalue weighted by molar-refractivity contribution is 5.55. The first kappa shape index (κ1) is 6.57. The minimum Gasteiger partial charge on any atom is -0.192 e. The van der Waals surface area contributed by atoms with Gasteiger partial charge in [0.1, 0.15) is 0 Å². The van der Waals surface area contributed by atoms with E-state index in [1.54, 1.807) is 24.3 Å². The highest BCUT2D eigenvalue weighted by Gasteiger charge is 1.93. The Labute approximate surface area is 60.2 Å². The standard InChI is InChI=1S/C9H6N/c1-2-8-5-3-4-6-9(8)7-10/h2-4,6H,1H2. The second-order valence-corrected chi connectivity index (χ2v) is 1.81. The Hall–Kier alpha value is -1.55. The van der Waals surface area contributed by atoms with Crippen LogP contribution >= 0.6 is 0 Å². The van der Waals surface area contributed by atoms with Gasteiger partial charge in [-0.1, -0.05) is 24.8 Å². The van der Waals surface area contributed by atoms with Crippen molar-refractivity contribution in [3.05, 3.63) is 42.0 Å². The maximum Gasteiger partial charge on any atom is 0.0998 e. The van der Waals surface area contributed by atoms with Gasteiger partial charge in [0.05, 0.1) is 11.6 Å². The monoisotopic (exact) mass is 128 g/mol. The molecule has 0 aliphatic carbocycles. The summed E-state index contributed by atoms with van der Waals surface area (Å²) in [6, 6.07) is 10.2. The van der Waals surface area contributed by atoms with Crippen LogP contribution in [-0.2, 0) is 0 Å². The fourth-order valence-electron chi connectivity index (χ4n) is 0.716. The van der Waals surface area contributed by atoms with Gasteiger partial charge in [0.25, 0.3) is 0 Å². The summed E-state index contributed by atoms with van der Waals surface area (Å²) in [5.41, 5.74) is 1.39. The smallest absolute Gasteiger partial charge is 0.0998 e. The molecule has 1 aromatic carbocycles. The molecular formula is C9H6N. The van der Waals surface area contributed by atoms with E-state index in [9.17, 15) is 0 Å². The lowest BCUT2D eigenvalue weighted by molar-refractivity contribution is 1.47. The van der Waals surface area contributed by atoms with E-state index >= 15 is 0 Å². The maximum absolute atomic E-state index is 8.53. The second kappa shape index (κ2) is 2.84. The first-order valence-electron chi connectivity index (χ1n) is 2.91. The lowest BCUT2D eigenvalue weighted by atomic mass is 10.1. The molecular weight excluding hydrogens is 122 g/mol. The third-order valence-electron chi connectivity index (χ3n) is 1.21. The van der Waals surface area contributed by atoms with Crippen molar-refractivity contribution in [1.82, 2.24) is 0 Å². The summed E-state index contributed by atoms with van der Waals surface area (Å²) in [6.07, 6.45) is 1.62. The summed E-state index contributed by atoms with van der Waals surface area (Å²) in [7, 11) is 0. The van der Waals surface area contributed by atoms with Crippen LogP contribution in [0.4, 0.5) is 0 Å². The summed E-state index contributed by atoms with van der Waals surface area (Å²) >= 11 is 0. The number of nitriles is 1. The van der Waals surface area contributed by atoms with Crippen molar-refractivity contribution < 1.29 is 0 Å². The maximum atomic E-state index is 8.53. The normalized spacial score (nSPS) is 8.30. The number of nitrogens with zero attached hydrogens (tertiary/aromatic N) is 1. The molecule has 1 radical (unpaired) electrons. The first-order chi connectivity index (χ1) is 4.88. The summed E-state index contributed by atoms with van der Waals surface area (Å²) in [5, 5.41) is 8.53. The lowest BCUT2D eigenvalue weighted by Gasteiger charge is -1.91. The molecule has 0 unspecified atom stereocenters. The summed E-state index contributed by atoms with van der Waals surface area (Å²) < 4.78 is 0. The summed E-state index contributed by atoms with van der Waals surface area (Å²) in [5.74, 6) is 0.